The van der Waals surface area contributed by atoms with E-state index in [0.29, 0.717) is 24.9 Å². The monoisotopic (exact) mass is 297 g/mol. The van der Waals surface area contributed by atoms with Gasteiger partial charge in [0, 0.05) is 24.8 Å². The number of aliphatic hydroxyl groups excluding tert-OH is 1. The molecule has 0 spiro atoms. The van der Waals surface area contributed by atoms with Crippen molar-refractivity contribution in [2.45, 2.75) is 18.9 Å². The van der Waals surface area contributed by atoms with Crippen molar-refractivity contribution in [3.8, 4) is 0 Å². The first kappa shape index (κ1) is 15.0. The lowest BCUT2D eigenvalue weighted by molar-refractivity contribution is 0.0684. The summed E-state index contributed by atoms with van der Waals surface area (Å²) in [5.41, 5.74) is 0.551. The zero-order valence-corrected chi connectivity index (χ0v) is 12.1. The van der Waals surface area contributed by atoms with Crippen LogP contribution in [-0.2, 0) is 9.84 Å². The van der Waals surface area contributed by atoms with Crippen LogP contribution in [0.15, 0.2) is 30.3 Å². The van der Waals surface area contributed by atoms with E-state index in [4.69, 9.17) is 5.11 Å². The van der Waals surface area contributed by atoms with E-state index in [0.717, 1.165) is 0 Å². The first-order chi connectivity index (χ1) is 9.53. The van der Waals surface area contributed by atoms with Crippen molar-refractivity contribution < 1.29 is 18.3 Å². The molecule has 6 heteroatoms. The van der Waals surface area contributed by atoms with E-state index in [9.17, 15) is 13.2 Å². The predicted molar refractivity (Wildman–Crippen MR) is 76.2 cm³/mol. The summed E-state index contributed by atoms with van der Waals surface area (Å²) in [5, 5.41) is 8.96. The van der Waals surface area contributed by atoms with E-state index < -0.39 is 9.84 Å². The quantitative estimate of drug-likeness (QED) is 0.868. The van der Waals surface area contributed by atoms with Gasteiger partial charge in [-0.3, -0.25) is 4.79 Å². The van der Waals surface area contributed by atoms with Gasteiger partial charge in [-0.15, -0.1) is 0 Å². The van der Waals surface area contributed by atoms with Crippen molar-refractivity contribution in [1.29, 1.82) is 0 Å². The molecule has 0 aliphatic carbocycles. The molecule has 0 saturated carbocycles. The minimum Gasteiger partial charge on any atom is -0.396 e. The van der Waals surface area contributed by atoms with Gasteiger partial charge in [-0.25, -0.2) is 8.42 Å². The summed E-state index contributed by atoms with van der Waals surface area (Å²) in [6, 6.07) is 8.55. The molecule has 1 atom stereocenters. The van der Waals surface area contributed by atoms with Crippen LogP contribution in [0.2, 0.25) is 0 Å². The van der Waals surface area contributed by atoms with Gasteiger partial charge in [0.05, 0.1) is 11.5 Å². The van der Waals surface area contributed by atoms with E-state index in [2.05, 4.69) is 0 Å². The predicted octanol–water partition coefficient (Wildman–Crippen LogP) is 0.698. The number of amides is 1. The second-order valence-corrected chi connectivity index (χ2v) is 7.23. The number of hydrogen-bond acceptors (Lipinski definition) is 4. The molecular formula is C14H19NO4S. The zero-order chi connectivity index (χ0) is 14.6. The number of benzene rings is 1. The van der Waals surface area contributed by atoms with Gasteiger partial charge in [0.1, 0.15) is 0 Å². The normalized spacial score (nSPS) is 20.8. The topological polar surface area (TPSA) is 74.7 Å². The molecule has 0 bridgehead atoms. The Bertz CT molecular complexity index is 556. The number of sulfone groups is 1. The third-order valence-corrected chi connectivity index (χ3v) is 5.24. The summed E-state index contributed by atoms with van der Waals surface area (Å²) >= 11 is 0. The Kier molecular flexibility index (Phi) is 4.77. The fraction of sp³-hybridized carbons (Fsp3) is 0.500. The smallest absolute Gasteiger partial charge is 0.254 e. The molecule has 1 aromatic carbocycles. The number of rotatable bonds is 5. The Morgan fingerprint density at radius 1 is 1.30 bits per heavy atom. The van der Waals surface area contributed by atoms with E-state index in [1.807, 2.05) is 6.07 Å². The number of aliphatic hydroxyl groups is 1. The molecule has 110 valence electrons. The van der Waals surface area contributed by atoms with Gasteiger partial charge in [0.2, 0.25) is 0 Å². The number of carbonyl (C=O) groups is 1. The number of nitrogens with zero attached hydrogens (tertiary/aromatic N) is 1. The van der Waals surface area contributed by atoms with Crippen LogP contribution in [0.25, 0.3) is 0 Å². The third-order valence-electron chi connectivity index (χ3n) is 3.49. The molecule has 1 fully saturated rings. The molecular weight excluding hydrogens is 278 g/mol. The molecule has 1 saturated heterocycles. The maximum absolute atomic E-state index is 12.5. The Hall–Kier alpha value is -1.40. The van der Waals surface area contributed by atoms with Crippen LogP contribution in [0.1, 0.15) is 23.2 Å². The molecule has 1 aromatic rings. The maximum Gasteiger partial charge on any atom is 0.254 e. The van der Waals surface area contributed by atoms with Gasteiger partial charge in [-0.05, 0) is 25.0 Å². The van der Waals surface area contributed by atoms with Crippen LogP contribution in [0.3, 0.4) is 0 Å². The van der Waals surface area contributed by atoms with E-state index >= 15 is 0 Å². The van der Waals surface area contributed by atoms with E-state index in [1.54, 1.807) is 29.2 Å². The Labute approximate surface area is 119 Å². The highest BCUT2D eigenvalue weighted by atomic mass is 32.2. The molecule has 1 N–H and O–H groups in total. The van der Waals surface area contributed by atoms with Crippen LogP contribution in [-0.4, -0.2) is 55.0 Å². The molecule has 1 aliphatic rings. The van der Waals surface area contributed by atoms with Crippen molar-refractivity contribution in [1.82, 2.24) is 4.90 Å². The highest BCUT2D eigenvalue weighted by Crippen LogP contribution is 2.20. The van der Waals surface area contributed by atoms with E-state index in [-0.39, 0.29) is 30.1 Å². The summed E-state index contributed by atoms with van der Waals surface area (Å²) in [7, 11) is -3.04. The molecule has 0 aromatic heterocycles. The van der Waals surface area contributed by atoms with Crippen LogP contribution in [0, 0.1) is 0 Å². The minimum absolute atomic E-state index is 0.0158. The van der Waals surface area contributed by atoms with Crippen molar-refractivity contribution in [2.75, 3.05) is 24.7 Å². The molecule has 0 radical (unpaired) electrons. The van der Waals surface area contributed by atoms with Gasteiger partial charge in [0.15, 0.2) is 9.84 Å². The van der Waals surface area contributed by atoms with Crippen molar-refractivity contribution in [2.24, 2.45) is 0 Å². The van der Waals surface area contributed by atoms with Gasteiger partial charge >= 0.3 is 0 Å². The lowest BCUT2D eigenvalue weighted by Crippen LogP contribution is -2.42. The second-order valence-electron chi connectivity index (χ2n) is 5.00. The summed E-state index contributed by atoms with van der Waals surface area (Å²) < 4.78 is 23.2. The van der Waals surface area contributed by atoms with E-state index in [1.165, 1.54) is 0 Å². The third kappa shape index (κ3) is 3.58. The standard InChI is InChI=1S/C14H19NO4S/c16-9-4-8-15(13-7-10-20(18,19)11-13)14(17)12-5-2-1-3-6-12/h1-3,5-6,13,16H,4,7-11H2/t13-/m0/s1. The largest absolute Gasteiger partial charge is 0.396 e. The molecule has 2 rings (SSSR count). The Morgan fingerprint density at radius 3 is 2.55 bits per heavy atom. The Morgan fingerprint density at radius 2 is 2.00 bits per heavy atom. The van der Waals surface area contributed by atoms with Gasteiger partial charge in [-0.2, -0.15) is 0 Å². The highest BCUT2D eigenvalue weighted by Gasteiger charge is 2.34. The molecule has 5 nitrogen and oxygen atoms in total. The Balaban J connectivity index is 2.17. The number of hydrogen-bond donors (Lipinski definition) is 1. The fourth-order valence-electron chi connectivity index (χ4n) is 2.46. The molecule has 20 heavy (non-hydrogen) atoms. The van der Waals surface area contributed by atoms with Crippen molar-refractivity contribution in [3.63, 3.8) is 0 Å². The van der Waals surface area contributed by atoms with Crippen molar-refractivity contribution >= 4 is 15.7 Å². The first-order valence-electron chi connectivity index (χ1n) is 6.71. The van der Waals surface area contributed by atoms with Crippen LogP contribution >= 0.6 is 0 Å². The average Bonchev–Trinajstić information content (AvgIpc) is 2.80. The molecule has 0 unspecified atom stereocenters. The average molecular weight is 297 g/mol. The lowest BCUT2D eigenvalue weighted by atomic mass is 10.1. The summed E-state index contributed by atoms with van der Waals surface area (Å²) in [4.78, 5) is 14.1. The summed E-state index contributed by atoms with van der Waals surface area (Å²) in [6.07, 6.45) is 0.932. The lowest BCUT2D eigenvalue weighted by Gasteiger charge is -2.28. The maximum atomic E-state index is 12.5. The van der Waals surface area contributed by atoms with Gasteiger partial charge in [0.25, 0.3) is 5.91 Å². The SMILES string of the molecule is O=C(c1ccccc1)N(CCCO)[C@H]1CCS(=O)(=O)C1. The summed E-state index contributed by atoms with van der Waals surface area (Å²) in [5.74, 6) is -0.00651. The first-order valence-corrected chi connectivity index (χ1v) is 8.53. The fourth-order valence-corrected chi connectivity index (χ4v) is 4.19. The molecule has 1 heterocycles. The zero-order valence-electron chi connectivity index (χ0n) is 11.2. The van der Waals surface area contributed by atoms with Crippen LogP contribution in [0.4, 0.5) is 0 Å². The van der Waals surface area contributed by atoms with Gasteiger partial charge in [-0.1, -0.05) is 18.2 Å². The highest BCUT2D eigenvalue weighted by molar-refractivity contribution is 7.91. The van der Waals surface area contributed by atoms with Crippen LogP contribution in [0.5, 0.6) is 0 Å². The summed E-state index contributed by atoms with van der Waals surface area (Å²) in [6.45, 7) is 0.364. The van der Waals surface area contributed by atoms with Crippen molar-refractivity contribution in [3.05, 3.63) is 35.9 Å². The second kappa shape index (κ2) is 6.37. The molecule has 1 amide bonds. The van der Waals surface area contributed by atoms with Crippen LogP contribution < -0.4 is 0 Å². The minimum atomic E-state index is -3.04. The molecule has 1 aliphatic heterocycles. The number of carbonyl (C=O) groups excluding carboxylic acids is 1. The van der Waals surface area contributed by atoms with Gasteiger partial charge < -0.3 is 10.0 Å².